The predicted octanol–water partition coefficient (Wildman–Crippen LogP) is 4.47. The fourth-order valence-corrected chi connectivity index (χ4v) is 3.82. The quantitative estimate of drug-likeness (QED) is 0.774. The Morgan fingerprint density at radius 1 is 1.32 bits per heavy atom. The van der Waals surface area contributed by atoms with E-state index < -0.39 is 0 Å². The van der Waals surface area contributed by atoms with E-state index in [1.54, 1.807) is 11.3 Å². The van der Waals surface area contributed by atoms with Gasteiger partial charge in [-0.2, -0.15) is 0 Å². The summed E-state index contributed by atoms with van der Waals surface area (Å²) in [4.78, 5) is 15.3. The third-order valence-corrected chi connectivity index (χ3v) is 5.08. The summed E-state index contributed by atoms with van der Waals surface area (Å²) in [6.07, 6.45) is 0. The van der Waals surface area contributed by atoms with Crippen LogP contribution in [0.4, 0.5) is 0 Å². The number of hydrogen-bond acceptors (Lipinski definition) is 3. The average molecular weight is 402 g/mol. The molecule has 1 atom stereocenters. The molecule has 0 unspecified atom stereocenters. The molecule has 0 aliphatic carbocycles. The maximum atomic E-state index is 12.1. The number of likely N-dealkylation sites (N-methyl/N-ethyl adjacent to an activating group) is 1. The van der Waals surface area contributed by atoms with Gasteiger partial charge in [0.05, 0.1) is 16.4 Å². The molecule has 0 saturated heterocycles. The number of rotatable bonds is 6. The second kappa shape index (κ2) is 8.11. The minimum atomic E-state index is -0.0333. The van der Waals surface area contributed by atoms with Crippen molar-refractivity contribution in [3.8, 4) is 0 Å². The normalized spacial score (nSPS) is 12.4. The molecule has 2 rings (SSSR count). The molecule has 1 N–H and O–H groups in total. The lowest BCUT2D eigenvalue weighted by Crippen LogP contribution is -2.36. The van der Waals surface area contributed by atoms with E-state index in [4.69, 9.17) is 11.6 Å². The number of hydrogen-bond donors (Lipinski definition) is 1. The van der Waals surface area contributed by atoms with Crippen LogP contribution < -0.4 is 5.32 Å². The highest BCUT2D eigenvalue weighted by molar-refractivity contribution is 9.11. The van der Waals surface area contributed by atoms with Crippen molar-refractivity contribution in [3.05, 3.63) is 55.6 Å². The van der Waals surface area contributed by atoms with Gasteiger partial charge in [-0.1, -0.05) is 23.7 Å². The van der Waals surface area contributed by atoms with Crippen LogP contribution in [0.2, 0.25) is 5.02 Å². The zero-order valence-corrected chi connectivity index (χ0v) is 15.6. The zero-order valence-electron chi connectivity index (χ0n) is 12.5. The number of carbonyl (C=O) groups is 1. The van der Waals surface area contributed by atoms with Gasteiger partial charge in [-0.25, -0.2) is 0 Å². The smallest absolute Gasteiger partial charge is 0.234 e. The van der Waals surface area contributed by atoms with Crippen LogP contribution in [0, 0.1) is 0 Å². The molecule has 22 heavy (non-hydrogen) atoms. The van der Waals surface area contributed by atoms with Crippen molar-refractivity contribution >= 4 is 44.8 Å². The highest BCUT2D eigenvalue weighted by Gasteiger charge is 2.12. The van der Waals surface area contributed by atoms with Crippen LogP contribution >= 0.6 is 38.9 Å². The van der Waals surface area contributed by atoms with Gasteiger partial charge >= 0.3 is 0 Å². The van der Waals surface area contributed by atoms with Crippen molar-refractivity contribution in [2.75, 3.05) is 13.6 Å². The second-order valence-electron chi connectivity index (χ2n) is 5.22. The maximum Gasteiger partial charge on any atom is 0.234 e. The first-order valence-electron chi connectivity index (χ1n) is 6.91. The lowest BCUT2D eigenvalue weighted by atomic mass is 10.1. The molecule has 0 saturated carbocycles. The SMILES string of the molecule is C[C@@H](NC(=O)CN(C)Cc1ccc(Br)s1)c1ccc(Cl)cc1. The van der Waals surface area contributed by atoms with Gasteiger partial charge in [0.2, 0.25) is 5.91 Å². The van der Waals surface area contributed by atoms with Crippen LogP contribution in [-0.2, 0) is 11.3 Å². The topological polar surface area (TPSA) is 32.3 Å². The molecule has 6 heteroatoms. The minimum Gasteiger partial charge on any atom is -0.348 e. The third-order valence-electron chi connectivity index (χ3n) is 3.22. The zero-order chi connectivity index (χ0) is 16.1. The molecule has 2 aromatic rings. The third kappa shape index (κ3) is 5.39. The highest BCUT2D eigenvalue weighted by Crippen LogP contribution is 2.23. The number of nitrogens with one attached hydrogen (secondary N) is 1. The molecule has 0 spiro atoms. The monoisotopic (exact) mass is 400 g/mol. The first-order valence-corrected chi connectivity index (χ1v) is 8.90. The van der Waals surface area contributed by atoms with Crippen molar-refractivity contribution < 1.29 is 4.79 Å². The van der Waals surface area contributed by atoms with Gasteiger partial charge in [0.15, 0.2) is 0 Å². The first-order chi connectivity index (χ1) is 10.4. The number of halogens is 2. The Morgan fingerprint density at radius 3 is 2.59 bits per heavy atom. The van der Waals surface area contributed by atoms with E-state index >= 15 is 0 Å². The molecule has 0 aliphatic heterocycles. The Morgan fingerprint density at radius 2 is 2.00 bits per heavy atom. The molecular formula is C16H18BrClN2OS. The van der Waals surface area contributed by atoms with Crippen molar-refractivity contribution in [3.63, 3.8) is 0 Å². The first kappa shape index (κ1) is 17.5. The molecule has 3 nitrogen and oxygen atoms in total. The summed E-state index contributed by atoms with van der Waals surface area (Å²) >= 11 is 11.0. The van der Waals surface area contributed by atoms with Crippen molar-refractivity contribution in [2.24, 2.45) is 0 Å². The van der Waals surface area contributed by atoms with Crippen LogP contribution in [-0.4, -0.2) is 24.4 Å². The molecule has 0 aliphatic rings. The standard InChI is InChI=1S/C16H18BrClN2OS/c1-11(12-3-5-13(18)6-4-12)19-16(21)10-20(2)9-14-7-8-15(17)22-14/h3-8,11H,9-10H2,1-2H3,(H,19,21)/t11-/m1/s1. The number of nitrogens with zero attached hydrogens (tertiary/aromatic N) is 1. The van der Waals surface area contributed by atoms with Crippen molar-refractivity contribution in [2.45, 2.75) is 19.5 Å². The predicted molar refractivity (Wildman–Crippen MR) is 96.4 cm³/mol. The van der Waals surface area contributed by atoms with Gasteiger partial charge < -0.3 is 5.32 Å². The Bertz CT molecular complexity index is 629. The Balaban J connectivity index is 1.82. The van der Waals surface area contributed by atoms with Crippen LogP contribution in [0.25, 0.3) is 0 Å². The summed E-state index contributed by atoms with van der Waals surface area (Å²) in [7, 11) is 1.94. The fraction of sp³-hybridized carbons (Fsp3) is 0.312. The Kier molecular flexibility index (Phi) is 6.44. The molecule has 0 bridgehead atoms. The van der Waals surface area contributed by atoms with Gasteiger partial charge in [0.1, 0.15) is 0 Å². The molecule has 0 fully saturated rings. The van der Waals surface area contributed by atoms with Gasteiger partial charge in [-0.05, 0) is 59.7 Å². The van der Waals surface area contributed by atoms with Crippen LogP contribution in [0.1, 0.15) is 23.4 Å². The van der Waals surface area contributed by atoms with Gasteiger partial charge in [-0.3, -0.25) is 9.69 Å². The van der Waals surface area contributed by atoms with Crippen molar-refractivity contribution in [1.29, 1.82) is 0 Å². The second-order valence-corrected chi connectivity index (χ2v) is 8.20. The van der Waals surface area contributed by atoms with Crippen LogP contribution in [0.15, 0.2) is 40.2 Å². The number of amides is 1. The Hall–Kier alpha value is -0.880. The summed E-state index contributed by atoms with van der Waals surface area (Å²) in [6.45, 7) is 3.10. The van der Waals surface area contributed by atoms with E-state index in [1.165, 1.54) is 4.88 Å². The van der Waals surface area contributed by atoms with E-state index in [9.17, 15) is 4.79 Å². The lowest BCUT2D eigenvalue weighted by molar-refractivity contribution is -0.122. The molecule has 1 aromatic heterocycles. The number of thiophene rings is 1. The average Bonchev–Trinajstić information content (AvgIpc) is 2.84. The van der Waals surface area contributed by atoms with Crippen LogP contribution in [0.5, 0.6) is 0 Å². The maximum absolute atomic E-state index is 12.1. The molecule has 118 valence electrons. The molecule has 1 aromatic carbocycles. The van der Waals surface area contributed by atoms with Gasteiger partial charge in [0, 0.05) is 16.4 Å². The van der Waals surface area contributed by atoms with E-state index in [0.717, 1.165) is 15.9 Å². The van der Waals surface area contributed by atoms with E-state index in [-0.39, 0.29) is 11.9 Å². The van der Waals surface area contributed by atoms with E-state index in [1.807, 2.05) is 49.2 Å². The number of carbonyl (C=O) groups excluding carboxylic acids is 1. The highest BCUT2D eigenvalue weighted by atomic mass is 79.9. The summed E-state index contributed by atoms with van der Waals surface area (Å²) in [5, 5.41) is 3.71. The molecule has 1 heterocycles. The van der Waals surface area contributed by atoms with Gasteiger partial charge in [0.25, 0.3) is 0 Å². The van der Waals surface area contributed by atoms with E-state index in [2.05, 4.69) is 27.3 Å². The minimum absolute atomic E-state index is 0.0144. The Labute approximate surface area is 148 Å². The molecular weight excluding hydrogens is 384 g/mol. The summed E-state index contributed by atoms with van der Waals surface area (Å²) in [5.74, 6) is 0.0144. The summed E-state index contributed by atoms with van der Waals surface area (Å²) < 4.78 is 1.11. The lowest BCUT2D eigenvalue weighted by Gasteiger charge is -2.18. The fourth-order valence-electron chi connectivity index (χ4n) is 2.13. The van der Waals surface area contributed by atoms with Crippen LogP contribution in [0.3, 0.4) is 0 Å². The van der Waals surface area contributed by atoms with Crippen molar-refractivity contribution in [1.82, 2.24) is 10.2 Å². The molecule has 0 radical (unpaired) electrons. The largest absolute Gasteiger partial charge is 0.348 e. The van der Waals surface area contributed by atoms with Gasteiger partial charge in [-0.15, -0.1) is 11.3 Å². The summed E-state index contributed by atoms with van der Waals surface area (Å²) in [5.41, 5.74) is 1.04. The molecule has 1 amide bonds. The summed E-state index contributed by atoms with van der Waals surface area (Å²) in [6, 6.07) is 11.6. The van der Waals surface area contributed by atoms with E-state index in [0.29, 0.717) is 11.6 Å². The number of benzene rings is 1.